The molecule has 1 aliphatic carbocycles. The number of amides is 1. The van der Waals surface area contributed by atoms with Gasteiger partial charge < -0.3 is 10.4 Å². The lowest BCUT2D eigenvalue weighted by Gasteiger charge is -2.11. The molecule has 0 aromatic heterocycles. The number of carbonyl (C=O) groups is 2. The van der Waals surface area contributed by atoms with Crippen molar-refractivity contribution in [3.63, 3.8) is 0 Å². The minimum atomic E-state index is -1.18. The maximum absolute atomic E-state index is 11.9. The highest BCUT2D eigenvalue weighted by molar-refractivity contribution is 6.10. The van der Waals surface area contributed by atoms with Gasteiger partial charge in [0.2, 0.25) is 5.91 Å². The summed E-state index contributed by atoms with van der Waals surface area (Å²) in [5.74, 6) is -1.43. The van der Waals surface area contributed by atoms with E-state index in [1.54, 1.807) is 0 Å². The van der Waals surface area contributed by atoms with Crippen LogP contribution in [0.5, 0.6) is 0 Å². The minimum absolute atomic E-state index is 0.404. The third-order valence-electron chi connectivity index (χ3n) is 3.34. The Morgan fingerprint density at radius 2 is 1.89 bits per heavy atom. The Labute approximate surface area is 106 Å². The van der Waals surface area contributed by atoms with E-state index in [1.165, 1.54) is 5.56 Å². The molecule has 96 valence electrons. The maximum atomic E-state index is 11.9. The summed E-state index contributed by atoms with van der Waals surface area (Å²) < 4.78 is 0. The van der Waals surface area contributed by atoms with Gasteiger partial charge in [0, 0.05) is 5.69 Å². The van der Waals surface area contributed by atoms with E-state index in [9.17, 15) is 9.59 Å². The van der Waals surface area contributed by atoms with Crippen LogP contribution >= 0.6 is 0 Å². The highest BCUT2D eigenvalue weighted by atomic mass is 16.4. The first-order valence-corrected chi connectivity index (χ1v) is 6.22. The molecule has 4 heteroatoms. The van der Waals surface area contributed by atoms with E-state index in [1.807, 2.05) is 24.3 Å². The molecule has 1 saturated carbocycles. The van der Waals surface area contributed by atoms with E-state index in [0.717, 1.165) is 12.8 Å². The van der Waals surface area contributed by atoms with Crippen molar-refractivity contribution >= 4 is 17.6 Å². The highest BCUT2D eigenvalue weighted by Crippen LogP contribution is 2.46. The van der Waals surface area contributed by atoms with Gasteiger partial charge in [-0.1, -0.05) is 25.5 Å². The van der Waals surface area contributed by atoms with Crippen LogP contribution in [0.15, 0.2) is 24.3 Å². The van der Waals surface area contributed by atoms with Crippen LogP contribution in [-0.2, 0) is 16.0 Å². The number of carbonyl (C=O) groups excluding carboxylic acids is 1. The van der Waals surface area contributed by atoms with E-state index >= 15 is 0 Å². The average Bonchev–Trinajstić information content (AvgIpc) is 3.13. The fourth-order valence-corrected chi connectivity index (χ4v) is 1.96. The van der Waals surface area contributed by atoms with Crippen molar-refractivity contribution in [3.8, 4) is 0 Å². The molecular weight excluding hydrogens is 230 g/mol. The van der Waals surface area contributed by atoms with E-state index in [2.05, 4.69) is 12.2 Å². The summed E-state index contributed by atoms with van der Waals surface area (Å²) in [5.41, 5.74) is 0.699. The van der Waals surface area contributed by atoms with Crippen LogP contribution in [0, 0.1) is 5.41 Å². The van der Waals surface area contributed by atoms with E-state index in [-0.39, 0.29) is 0 Å². The smallest absolute Gasteiger partial charge is 0.319 e. The molecule has 1 aromatic carbocycles. The molecule has 2 rings (SSSR count). The first kappa shape index (κ1) is 12.6. The molecule has 0 spiro atoms. The molecule has 0 radical (unpaired) electrons. The Balaban J connectivity index is 2.01. The Morgan fingerprint density at radius 1 is 1.28 bits per heavy atom. The molecule has 0 heterocycles. The predicted molar refractivity (Wildman–Crippen MR) is 68.4 cm³/mol. The third kappa shape index (κ3) is 2.37. The molecule has 1 fully saturated rings. The van der Waals surface area contributed by atoms with Crippen molar-refractivity contribution in [3.05, 3.63) is 29.8 Å². The Kier molecular flexibility index (Phi) is 3.36. The predicted octanol–water partition coefficient (Wildman–Crippen LogP) is 2.44. The number of carboxylic acids is 1. The van der Waals surface area contributed by atoms with Gasteiger partial charge in [0.1, 0.15) is 5.41 Å². The zero-order valence-electron chi connectivity index (χ0n) is 10.4. The first-order valence-electron chi connectivity index (χ1n) is 6.22. The Hall–Kier alpha value is -1.84. The van der Waals surface area contributed by atoms with Crippen LogP contribution in [0.1, 0.15) is 31.7 Å². The van der Waals surface area contributed by atoms with Gasteiger partial charge >= 0.3 is 5.97 Å². The monoisotopic (exact) mass is 247 g/mol. The summed E-state index contributed by atoms with van der Waals surface area (Å²) in [5, 5.41) is 11.7. The van der Waals surface area contributed by atoms with Gasteiger partial charge in [-0.05, 0) is 37.0 Å². The van der Waals surface area contributed by atoms with Gasteiger partial charge in [0.25, 0.3) is 0 Å². The molecule has 1 aliphatic rings. The fourth-order valence-electron chi connectivity index (χ4n) is 1.96. The second-order valence-corrected chi connectivity index (χ2v) is 4.79. The first-order chi connectivity index (χ1) is 8.58. The molecule has 2 N–H and O–H groups in total. The fraction of sp³-hybridized carbons (Fsp3) is 0.429. The number of hydrogen-bond donors (Lipinski definition) is 2. The van der Waals surface area contributed by atoms with Crippen molar-refractivity contribution in [2.75, 3.05) is 5.32 Å². The van der Waals surface area contributed by atoms with Crippen LogP contribution in [0.2, 0.25) is 0 Å². The van der Waals surface area contributed by atoms with Gasteiger partial charge in [-0.3, -0.25) is 9.59 Å². The molecule has 18 heavy (non-hydrogen) atoms. The second-order valence-electron chi connectivity index (χ2n) is 4.79. The summed E-state index contributed by atoms with van der Waals surface area (Å²) in [7, 11) is 0. The molecule has 0 bridgehead atoms. The molecule has 0 atom stereocenters. The maximum Gasteiger partial charge on any atom is 0.319 e. The number of anilines is 1. The molecule has 1 aromatic rings. The number of nitrogens with one attached hydrogen (secondary N) is 1. The van der Waals surface area contributed by atoms with Crippen molar-refractivity contribution in [2.45, 2.75) is 32.6 Å². The van der Waals surface area contributed by atoms with Crippen LogP contribution < -0.4 is 5.32 Å². The number of aryl methyl sites for hydroxylation is 1. The van der Waals surface area contributed by atoms with E-state index in [0.29, 0.717) is 18.5 Å². The summed E-state index contributed by atoms with van der Waals surface area (Å²) in [6, 6.07) is 7.56. The van der Waals surface area contributed by atoms with Crippen molar-refractivity contribution in [1.29, 1.82) is 0 Å². The SMILES string of the molecule is CCCc1ccc(NC(=O)C2(C(=O)O)CC2)cc1. The lowest BCUT2D eigenvalue weighted by molar-refractivity contribution is -0.147. The molecule has 0 saturated heterocycles. The third-order valence-corrected chi connectivity index (χ3v) is 3.34. The summed E-state index contributed by atoms with van der Waals surface area (Å²) in [4.78, 5) is 22.9. The second kappa shape index (κ2) is 4.80. The van der Waals surface area contributed by atoms with E-state index in [4.69, 9.17) is 5.11 Å². The van der Waals surface area contributed by atoms with Gasteiger partial charge in [0.15, 0.2) is 0 Å². The topological polar surface area (TPSA) is 66.4 Å². The van der Waals surface area contributed by atoms with Crippen LogP contribution in [0.25, 0.3) is 0 Å². The minimum Gasteiger partial charge on any atom is -0.480 e. The van der Waals surface area contributed by atoms with Crippen molar-refractivity contribution in [1.82, 2.24) is 0 Å². The van der Waals surface area contributed by atoms with Crippen molar-refractivity contribution < 1.29 is 14.7 Å². The van der Waals surface area contributed by atoms with Crippen LogP contribution in [-0.4, -0.2) is 17.0 Å². The van der Waals surface area contributed by atoms with Gasteiger partial charge in [-0.15, -0.1) is 0 Å². The van der Waals surface area contributed by atoms with Crippen LogP contribution in [0.3, 0.4) is 0 Å². The summed E-state index contributed by atoms with van der Waals surface area (Å²) in [6.45, 7) is 2.11. The number of benzene rings is 1. The zero-order valence-corrected chi connectivity index (χ0v) is 10.4. The lowest BCUT2D eigenvalue weighted by Crippen LogP contribution is -2.31. The quantitative estimate of drug-likeness (QED) is 0.785. The lowest BCUT2D eigenvalue weighted by atomic mass is 10.1. The molecule has 0 unspecified atom stereocenters. The number of hydrogen-bond acceptors (Lipinski definition) is 2. The molecular formula is C14H17NO3. The number of rotatable bonds is 5. The van der Waals surface area contributed by atoms with Crippen LogP contribution in [0.4, 0.5) is 5.69 Å². The van der Waals surface area contributed by atoms with E-state index < -0.39 is 17.3 Å². The Morgan fingerprint density at radius 3 is 2.33 bits per heavy atom. The van der Waals surface area contributed by atoms with Crippen molar-refractivity contribution in [2.24, 2.45) is 5.41 Å². The van der Waals surface area contributed by atoms with Gasteiger partial charge in [-0.25, -0.2) is 0 Å². The molecule has 1 amide bonds. The normalized spacial score (nSPS) is 16.1. The zero-order chi connectivity index (χ0) is 13.2. The number of carboxylic acid groups (broad SMARTS) is 1. The molecule has 4 nitrogen and oxygen atoms in total. The highest BCUT2D eigenvalue weighted by Gasteiger charge is 2.57. The van der Waals surface area contributed by atoms with Gasteiger partial charge in [0.05, 0.1) is 0 Å². The number of aliphatic carboxylic acids is 1. The largest absolute Gasteiger partial charge is 0.480 e. The Bertz CT molecular complexity index is 460. The average molecular weight is 247 g/mol. The standard InChI is InChI=1S/C14H17NO3/c1-2-3-10-4-6-11(7-5-10)15-12(16)14(8-9-14)13(17)18/h4-7H,2-3,8-9H2,1H3,(H,15,16)(H,17,18). The molecule has 0 aliphatic heterocycles. The summed E-state index contributed by atoms with van der Waals surface area (Å²) >= 11 is 0. The summed E-state index contributed by atoms with van der Waals surface area (Å²) in [6.07, 6.45) is 2.95. The van der Waals surface area contributed by atoms with Gasteiger partial charge in [-0.2, -0.15) is 0 Å².